The Kier molecular flexibility index (Phi) is 4.83. The SMILES string of the molecule is O=C1[C@@H]2[C@H](C(=O)N1C1CCCCC1)[C@H](c1ccccc1)C=C[C@H]2c1ccccc1. The van der Waals surface area contributed by atoms with E-state index < -0.39 is 0 Å². The van der Waals surface area contributed by atoms with E-state index in [0.717, 1.165) is 36.8 Å². The summed E-state index contributed by atoms with van der Waals surface area (Å²) in [5.41, 5.74) is 2.24. The van der Waals surface area contributed by atoms with Crippen LogP contribution < -0.4 is 0 Å². The molecule has 3 aliphatic rings. The van der Waals surface area contributed by atoms with Gasteiger partial charge in [-0.3, -0.25) is 14.5 Å². The first-order valence-electron chi connectivity index (χ1n) is 10.9. The number of rotatable bonds is 3. The van der Waals surface area contributed by atoms with Gasteiger partial charge < -0.3 is 0 Å². The van der Waals surface area contributed by atoms with Gasteiger partial charge >= 0.3 is 0 Å². The zero-order valence-electron chi connectivity index (χ0n) is 16.6. The Labute approximate surface area is 172 Å². The minimum absolute atomic E-state index is 0.0359. The molecule has 4 atom stereocenters. The highest BCUT2D eigenvalue weighted by molar-refractivity contribution is 6.07. The van der Waals surface area contributed by atoms with Gasteiger partial charge in [-0.1, -0.05) is 92.1 Å². The molecule has 148 valence electrons. The molecule has 0 N–H and O–H groups in total. The number of nitrogens with zero attached hydrogens (tertiary/aromatic N) is 1. The van der Waals surface area contributed by atoms with E-state index in [0.29, 0.717) is 0 Å². The van der Waals surface area contributed by atoms with Crippen LogP contribution in [0.2, 0.25) is 0 Å². The maximum atomic E-state index is 13.7. The second-order valence-electron chi connectivity index (χ2n) is 8.65. The molecule has 2 aromatic rings. The molecule has 0 unspecified atom stereocenters. The highest BCUT2D eigenvalue weighted by Crippen LogP contribution is 2.50. The maximum absolute atomic E-state index is 13.7. The predicted molar refractivity (Wildman–Crippen MR) is 113 cm³/mol. The number of hydrogen-bond acceptors (Lipinski definition) is 2. The van der Waals surface area contributed by atoms with Crippen LogP contribution in [-0.4, -0.2) is 22.8 Å². The number of carbonyl (C=O) groups excluding carboxylic acids is 2. The summed E-state index contributed by atoms with van der Waals surface area (Å²) in [4.78, 5) is 29.0. The fraction of sp³-hybridized carbons (Fsp3) is 0.385. The largest absolute Gasteiger partial charge is 0.279 e. The van der Waals surface area contributed by atoms with Crippen LogP contribution in [0.3, 0.4) is 0 Å². The summed E-state index contributed by atoms with van der Waals surface area (Å²) in [7, 11) is 0. The quantitative estimate of drug-likeness (QED) is 0.547. The number of benzene rings is 2. The van der Waals surface area contributed by atoms with Gasteiger partial charge in [0.05, 0.1) is 11.8 Å². The van der Waals surface area contributed by atoms with Gasteiger partial charge in [0.15, 0.2) is 0 Å². The van der Waals surface area contributed by atoms with Gasteiger partial charge in [0.2, 0.25) is 11.8 Å². The molecule has 3 heteroatoms. The first kappa shape index (κ1) is 18.4. The van der Waals surface area contributed by atoms with Gasteiger partial charge in [-0.2, -0.15) is 0 Å². The maximum Gasteiger partial charge on any atom is 0.234 e. The predicted octanol–water partition coefficient (Wildman–Crippen LogP) is 5.06. The standard InChI is InChI=1S/C26H27NO2/c28-25-23-21(18-10-4-1-5-11-18)16-17-22(19-12-6-2-7-13-19)24(23)26(29)27(25)20-14-8-3-9-15-20/h1-2,4-7,10-13,16-17,20-24H,3,8-9,14-15H2/t21-,22-,23-,24+/m0/s1. The Morgan fingerprint density at radius 2 is 1.07 bits per heavy atom. The van der Waals surface area contributed by atoms with Crippen LogP contribution in [-0.2, 0) is 9.59 Å². The Morgan fingerprint density at radius 1 is 0.621 bits per heavy atom. The summed E-state index contributed by atoms with van der Waals surface area (Å²) in [6, 6.07) is 20.5. The van der Waals surface area contributed by atoms with Crippen molar-refractivity contribution in [3.63, 3.8) is 0 Å². The van der Waals surface area contributed by atoms with Gasteiger partial charge in [0.25, 0.3) is 0 Å². The molecular formula is C26H27NO2. The van der Waals surface area contributed by atoms with Crippen LogP contribution in [0.5, 0.6) is 0 Å². The number of fused-ring (bicyclic) bond motifs is 1. The Morgan fingerprint density at radius 3 is 1.52 bits per heavy atom. The number of imide groups is 1. The third-order valence-electron chi connectivity index (χ3n) is 7.04. The van der Waals surface area contributed by atoms with Crippen molar-refractivity contribution in [2.45, 2.75) is 50.0 Å². The highest BCUT2D eigenvalue weighted by atomic mass is 16.2. The van der Waals surface area contributed by atoms with E-state index in [2.05, 4.69) is 36.4 Å². The third-order valence-corrected chi connectivity index (χ3v) is 7.04. The van der Waals surface area contributed by atoms with Gasteiger partial charge in [-0.25, -0.2) is 0 Å². The zero-order chi connectivity index (χ0) is 19.8. The van der Waals surface area contributed by atoms with Crippen LogP contribution in [0, 0.1) is 11.8 Å². The van der Waals surface area contributed by atoms with E-state index >= 15 is 0 Å². The summed E-state index contributed by atoms with van der Waals surface area (Å²) in [6.07, 6.45) is 9.68. The van der Waals surface area contributed by atoms with Gasteiger partial charge in [0, 0.05) is 17.9 Å². The molecule has 29 heavy (non-hydrogen) atoms. The van der Waals surface area contributed by atoms with Crippen molar-refractivity contribution in [2.75, 3.05) is 0 Å². The number of hydrogen-bond donors (Lipinski definition) is 0. The van der Waals surface area contributed by atoms with Crippen LogP contribution >= 0.6 is 0 Å². The monoisotopic (exact) mass is 385 g/mol. The normalized spacial score (nSPS) is 29.9. The molecule has 2 amide bonds. The van der Waals surface area contributed by atoms with Crippen LogP contribution in [0.1, 0.15) is 55.1 Å². The van der Waals surface area contributed by atoms with Crippen molar-refractivity contribution in [3.05, 3.63) is 83.9 Å². The van der Waals surface area contributed by atoms with Gasteiger partial charge in [-0.05, 0) is 24.0 Å². The lowest BCUT2D eigenvalue weighted by atomic mass is 9.68. The Balaban J connectivity index is 1.58. The topological polar surface area (TPSA) is 37.4 Å². The van der Waals surface area contributed by atoms with Crippen molar-refractivity contribution in [2.24, 2.45) is 11.8 Å². The van der Waals surface area contributed by atoms with Crippen molar-refractivity contribution in [1.82, 2.24) is 4.90 Å². The summed E-state index contributed by atoms with van der Waals surface area (Å²) in [5, 5.41) is 0. The first-order chi connectivity index (χ1) is 14.3. The summed E-state index contributed by atoms with van der Waals surface area (Å²) < 4.78 is 0. The molecule has 1 saturated carbocycles. The highest BCUT2D eigenvalue weighted by Gasteiger charge is 2.56. The molecule has 2 fully saturated rings. The molecular weight excluding hydrogens is 358 g/mol. The van der Waals surface area contributed by atoms with E-state index in [9.17, 15) is 9.59 Å². The number of carbonyl (C=O) groups is 2. The smallest absolute Gasteiger partial charge is 0.234 e. The van der Waals surface area contributed by atoms with Crippen molar-refractivity contribution >= 4 is 11.8 Å². The van der Waals surface area contributed by atoms with E-state index in [-0.39, 0.29) is 41.5 Å². The lowest BCUT2D eigenvalue weighted by Gasteiger charge is -2.32. The third kappa shape index (κ3) is 3.13. The number of amides is 2. The van der Waals surface area contributed by atoms with Gasteiger partial charge in [0.1, 0.15) is 0 Å². The molecule has 0 aromatic heterocycles. The fourth-order valence-electron chi connectivity index (χ4n) is 5.66. The second-order valence-corrected chi connectivity index (χ2v) is 8.65. The van der Waals surface area contributed by atoms with Crippen molar-refractivity contribution in [1.29, 1.82) is 0 Å². The molecule has 3 nitrogen and oxygen atoms in total. The van der Waals surface area contributed by atoms with Crippen LogP contribution in [0.15, 0.2) is 72.8 Å². The molecule has 1 aliphatic heterocycles. The molecule has 2 aromatic carbocycles. The molecule has 0 radical (unpaired) electrons. The van der Waals surface area contributed by atoms with Crippen molar-refractivity contribution < 1.29 is 9.59 Å². The molecule has 0 spiro atoms. The van der Waals surface area contributed by atoms with E-state index in [1.165, 1.54) is 6.42 Å². The first-order valence-corrected chi connectivity index (χ1v) is 10.9. The average Bonchev–Trinajstić information content (AvgIpc) is 3.06. The van der Waals surface area contributed by atoms with Crippen LogP contribution in [0.25, 0.3) is 0 Å². The lowest BCUT2D eigenvalue weighted by molar-refractivity contribution is -0.143. The minimum Gasteiger partial charge on any atom is -0.279 e. The van der Waals surface area contributed by atoms with E-state index in [1.54, 1.807) is 4.90 Å². The molecule has 0 bridgehead atoms. The Bertz CT molecular complexity index is 847. The van der Waals surface area contributed by atoms with Gasteiger partial charge in [-0.15, -0.1) is 0 Å². The summed E-state index contributed by atoms with van der Waals surface area (Å²) in [5.74, 6) is -0.585. The van der Waals surface area contributed by atoms with E-state index in [1.807, 2.05) is 36.4 Å². The lowest BCUT2D eigenvalue weighted by Crippen LogP contribution is -2.42. The molecule has 2 aliphatic carbocycles. The van der Waals surface area contributed by atoms with Crippen molar-refractivity contribution in [3.8, 4) is 0 Å². The fourth-order valence-corrected chi connectivity index (χ4v) is 5.66. The molecule has 5 rings (SSSR count). The minimum atomic E-state index is -0.304. The van der Waals surface area contributed by atoms with E-state index in [4.69, 9.17) is 0 Å². The molecule has 1 heterocycles. The summed E-state index contributed by atoms with van der Waals surface area (Å²) >= 11 is 0. The second kappa shape index (κ2) is 7.62. The average molecular weight is 386 g/mol. The Hall–Kier alpha value is -2.68. The van der Waals surface area contributed by atoms with Crippen LogP contribution in [0.4, 0.5) is 0 Å². The molecule has 1 saturated heterocycles. The summed E-state index contributed by atoms with van der Waals surface area (Å²) in [6.45, 7) is 0. The number of likely N-dealkylation sites (tertiary alicyclic amines) is 1. The zero-order valence-corrected chi connectivity index (χ0v) is 16.6. The number of allylic oxidation sites excluding steroid dienone is 2.